The predicted molar refractivity (Wildman–Crippen MR) is 113 cm³/mol. The third-order valence-electron chi connectivity index (χ3n) is 4.88. The number of halogens is 1. The van der Waals surface area contributed by atoms with Gasteiger partial charge in [0.05, 0.1) is 42.2 Å². The molecule has 0 saturated carbocycles. The standard InChI is InChI=1S/C21H20ClN3O4/c1-28-18-6-5-13(11-16(18)22)24-19-14-3-2-4-17(25-7-9-29-10-8-25)20(14)23-12-15(19)21(26)27/h2-6,11-12H,7-10H2,1H3,(H,23,24)(H,26,27). The molecule has 0 atom stereocenters. The van der Waals surface area contributed by atoms with E-state index in [0.29, 0.717) is 35.4 Å². The summed E-state index contributed by atoms with van der Waals surface area (Å²) in [5, 5.41) is 14.1. The van der Waals surface area contributed by atoms with E-state index in [0.717, 1.165) is 29.7 Å². The molecule has 7 nitrogen and oxygen atoms in total. The van der Waals surface area contributed by atoms with E-state index < -0.39 is 5.97 Å². The van der Waals surface area contributed by atoms with E-state index in [1.807, 2.05) is 18.2 Å². The number of methoxy groups -OCH3 is 1. The molecule has 1 aliphatic heterocycles. The molecule has 0 unspecified atom stereocenters. The third-order valence-corrected chi connectivity index (χ3v) is 5.17. The zero-order chi connectivity index (χ0) is 20.4. The maximum atomic E-state index is 11.9. The van der Waals surface area contributed by atoms with Gasteiger partial charge in [-0.25, -0.2) is 4.79 Å². The number of hydrogen-bond donors (Lipinski definition) is 2. The number of ether oxygens (including phenoxy) is 2. The topological polar surface area (TPSA) is 83.9 Å². The van der Waals surface area contributed by atoms with Gasteiger partial charge in [-0.05, 0) is 24.3 Å². The second-order valence-electron chi connectivity index (χ2n) is 6.60. The molecule has 2 heterocycles. The number of nitrogens with zero attached hydrogens (tertiary/aromatic N) is 2. The van der Waals surface area contributed by atoms with Crippen molar-refractivity contribution >= 4 is 45.5 Å². The molecular formula is C21H20ClN3O4. The number of morpholine rings is 1. The van der Waals surface area contributed by atoms with Crippen LogP contribution in [0.15, 0.2) is 42.6 Å². The minimum atomic E-state index is -1.06. The lowest BCUT2D eigenvalue weighted by Gasteiger charge is -2.29. The Bertz CT molecular complexity index is 1070. The molecule has 0 spiro atoms. The van der Waals surface area contributed by atoms with Crippen LogP contribution in [0.1, 0.15) is 10.4 Å². The van der Waals surface area contributed by atoms with Gasteiger partial charge in [0.25, 0.3) is 0 Å². The summed E-state index contributed by atoms with van der Waals surface area (Å²) >= 11 is 6.23. The fourth-order valence-electron chi connectivity index (χ4n) is 3.45. The Morgan fingerprint density at radius 1 is 1.28 bits per heavy atom. The Labute approximate surface area is 172 Å². The smallest absolute Gasteiger partial charge is 0.339 e. The van der Waals surface area contributed by atoms with Crippen LogP contribution < -0.4 is 15.0 Å². The molecule has 4 rings (SSSR count). The first kappa shape index (κ1) is 19.3. The van der Waals surface area contributed by atoms with Crippen LogP contribution in [0.4, 0.5) is 17.1 Å². The van der Waals surface area contributed by atoms with Gasteiger partial charge >= 0.3 is 5.97 Å². The average molecular weight is 414 g/mol. The maximum absolute atomic E-state index is 11.9. The number of nitrogens with one attached hydrogen (secondary N) is 1. The van der Waals surface area contributed by atoms with Gasteiger partial charge in [-0.2, -0.15) is 0 Å². The van der Waals surface area contributed by atoms with Gasteiger partial charge in [0.2, 0.25) is 0 Å². The highest BCUT2D eigenvalue weighted by atomic mass is 35.5. The minimum Gasteiger partial charge on any atom is -0.495 e. The molecule has 0 radical (unpaired) electrons. The van der Waals surface area contributed by atoms with Crippen LogP contribution in [0, 0.1) is 0 Å². The lowest BCUT2D eigenvalue weighted by atomic mass is 10.1. The van der Waals surface area contributed by atoms with E-state index in [4.69, 9.17) is 21.1 Å². The molecule has 1 saturated heterocycles. The van der Waals surface area contributed by atoms with Gasteiger partial charge in [-0.3, -0.25) is 4.98 Å². The van der Waals surface area contributed by atoms with Crippen molar-refractivity contribution in [3.05, 3.63) is 53.2 Å². The Morgan fingerprint density at radius 2 is 2.07 bits per heavy atom. The molecule has 3 aromatic rings. The summed E-state index contributed by atoms with van der Waals surface area (Å²) in [4.78, 5) is 18.5. The van der Waals surface area contributed by atoms with E-state index >= 15 is 0 Å². The highest BCUT2D eigenvalue weighted by Crippen LogP contribution is 2.36. The summed E-state index contributed by atoms with van der Waals surface area (Å²) in [5.74, 6) is -0.511. The second kappa shape index (κ2) is 8.14. The lowest BCUT2D eigenvalue weighted by Crippen LogP contribution is -2.36. The molecule has 1 aromatic heterocycles. The van der Waals surface area contributed by atoms with Crippen LogP contribution in [-0.4, -0.2) is 49.5 Å². The fourth-order valence-corrected chi connectivity index (χ4v) is 3.71. The van der Waals surface area contributed by atoms with Gasteiger partial charge in [-0.1, -0.05) is 23.7 Å². The van der Waals surface area contributed by atoms with Crippen LogP contribution in [0.3, 0.4) is 0 Å². The Balaban J connectivity index is 1.83. The number of aromatic nitrogens is 1. The van der Waals surface area contributed by atoms with E-state index in [9.17, 15) is 9.90 Å². The van der Waals surface area contributed by atoms with Crippen molar-refractivity contribution in [2.75, 3.05) is 43.6 Å². The molecule has 8 heteroatoms. The van der Waals surface area contributed by atoms with E-state index in [-0.39, 0.29) is 5.56 Å². The van der Waals surface area contributed by atoms with Crippen LogP contribution in [0.25, 0.3) is 10.9 Å². The normalized spacial score (nSPS) is 14.1. The van der Waals surface area contributed by atoms with Gasteiger partial charge in [-0.15, -0.1) is 0 Å². The number of pyridine rings is 1. The van der Waals surface area contributed by atoms with Crippen LogP contribution in [0.5, 0.6) is 5.75 Å². The molecule has 1 aliphatic rings. The lowest BCUT2D eigenvalue weighted by molar-refractivity contribution is 0.0697. The van der Waals surface area contributed by atoms with Crippen molar-refractivity contribution in [3.8, 4) is 5.75 Å². The Kier molecular flexibility index (Phi) is 5.42. The molecular weight excluding hydrogens is 394 g/mol. The number of carboxylic acid groups (broad SMARTS) is 1. The molecule has 0 amide bonds. The number of carboxylic acids is 1. The summed E-state index contributed by atoms with van der Waals surface area (Å²) in [6, 6.07) is 11.0. The summed E-state index contributed by atoms with van der Waals surface area (Å²) in [6.07, 6.45) is 1.39. The number of hydrogen-bond acceptors (Lipinski definition) is 6. The Hall–Kier alpha value is -3.03. The molecule has 2 aromatic carbocycles. The number of aromatic carboxylic acids is 1. The van der Waals surface area contributed by atoms with Crippen LogP contribution in [-0.2, 0) is 4.74 Å². The molecule has 0 bridgehead atoms. The number of rotatable bonds is 5. The fraction of sp³-hybridized carbons (Fsp3) is 0.238. The molecule has 150 valence electrons. The third kappa shape index (κ3) is 3.79. The SMILES string of the molecule is COc1ccc(Nc2c(C(=O)O)cnc3c(N4CCOCC4)cccc23)cc1Cl. The van der Waals surface area contributed by atoms with Crippen molar-refractivity contribution in [1.82, 2.24) is 4.98 Å². The first-order valence-electron chi connectivity index (χ1n) is 9.17. The first-order valence-corrected chi connectivity index (χ1v) is 9.54. The number of benzene rings is 2. The highest BCUT2D eigenvalue weighted by molar-refractivity contribution is 6.32. The monoisotopic (exact) mass is 413 g/mol. The van der Waals surface area contributed by atoms with Gasteiger partial charge in [0.15, 0.2) is 0 Å². The zero-order valence-corrected chi connectivity index (χ0v) is 16.6. The van der Waals surface area contributed by atoms with Gasteiger partial charge in [0.1, 0.15) is 11.3 Å². The van der Waals surface area contributed by atoms with Crippen molar-refractivity contribution in [2.45, 2.75) is 0 Å². The zero-order valence-electron chi connectivity index (χ0n) is 15.8. The first-order chi connectivity index (χ1) is 14.1. The number of carbonyl (C=O) groups is 1. The molecule has 2 N–H and O–H groups in total. The van der Waals surface area contributed by atoms with Crippen molar-refractivity contribution in [2.24, 2.45) is 0 Å². The van der Waals surface area contributed by atoms with E-state index in [1.165, 1.54) is 6.20 Å². The molecule has 1 fully saturated rings. The number of para-hydroxylation sites is 1. The molecule has 29 heavy (non-hydrogen) atoms. The minimum absolute atomic E-state index is 0.0866. The largest absolute Gasteiger partial charge is 0.495 e. The van der Waals surface area contributed by atoms with E-state index in [1.54, 1.807) is 25.3 Å². The summed E-state index contributed by atoms with van der Waals surface area (Å²) in [5.41, 5.74) is 2.91. The summed E-state index contributed by atoms with van der Waals surface area (Å²) in [7, 11) is 1.54. The molecule has 0 aliphatic carbocycles. The van der Waals surface area contributed by atoms with Crippen LogP contribution >= 0.6 is 11.6 Å². The average Bonchev–Trinajstić information content (AvgIpc) is 2.74. The second-order valence-corrected chi connectivity index (χ2v) is 7.01. The van der Waals surface area contributed by atoms with Crippen LogP contribution in [0.2, 0.25) is 5.02 Å². The number of fused-ring (bicyclic) bond motifs is 1. The van der Waals surface area contributed by atoms with Gasteiger partial charge in [0, 0.05) is 30.4 Å². The number of anilines is 3. The van der Waals surface area contributed by atoms with Crippen molar-refractivity contribution in [1.29, 1.82) is 0 Å². The summed E-state index contributed by atoms with van der Waals surface area (Å²) < 4.78 is 10.6. The van der Waals surface area contributed by atoms with Gasteiger partial charge < -0.3 is 24.8 Å². The maximum Gasteiger partial charge on any atom is 0.339 e. The predicted octanol–water partition coefficient (Wildman–Crippen LogP) is 4.18. The Morgan fingerprint density at radius 3 is 2.76 bits per heavy atom. The van der Waals surface area contributed by atoms with Crippen molar-refractivity contribution in [3.63, 3.8) is 0 Å². The summed E-state index contributed by atoms with van der Waals surface area (Å²) in [6.45, 7) is 2.83. The quantitative estimate of drug-likeness (QED) is 0.649. The van der Waals surface area contributed by atoms with Crippen molar-refractivity contribution < 1.29 is 19.4 Å². The highest BCUT2D eigenvalue weighted by Gasteiger charge is 2.20. The van der Waals surface area contributed by atoms with E-state index in [2.05, 4.69) is 15.2 Å².